The van der Waals surface area contributed by atoms with Crippen molar-refractivity contribution in [3.8, 4) is 0 Å². The summed E-state index contributed by atoms with van der Waals surface area (Å²) in [6.07, 6.45) is 38.4. The van der Waals surface area contributed by atoms with Gasteiger partial charge in [0.05, 0.1) is 19.2 Å². The van der Waals surface area contributed by atoms with Gasteiger partial charge in [-0.3, -0.25) is 18.3 Å². The molecule has 0 aromatic heterocycles. The summed E-state index contributed by atoms with van der Waals surface area (Å²) in [5.74, 6) is -0.528. The normalized spacial score (nSPS) is 14.4. The van der Waals surface area contributed by atoms with E-state index < -0.39 is 21.8 Å². The molecule has 2 unspecified atom stereocenters. The van der Waals surface area contributed by atoms with Gasteiger partial charge < -0.3 is 14.8 Å². The number of quaternary nitrogens is 1. The largest absolute Gasteiger partial charge is 0.726 e. The van der Waals surface area contributed by atoms with E-state index in [4.69, 9.17) is 0 Å². The first-order valence-corrected chi connectivity index (χ1v) is 25.2. The van der Waals surface area contributed by atoms with Crippen molar-refractivity contribution in [2.45, 2.75) is 284 Å². The van der Waals surface area contributed by atoms with Crippen LogP contribution in [0.3, 0.4) is 0 Å². The van der Waals surface area contributed by atoms with E-state index >= 15 is 0 Å². The summed E-state index contributed by atoms with van der Waals surface area (Å²) in [6, 6.07) is -0.657. The van der Waals surface area contributed by atoms with Crippen molar-refractivity contribution < 1.29 is 41.4 Å². The summed E-state index contributed by atoms with van der Waals surface area (Å²) in [5, 5.41) is 24.1. The van der Waals surface area contributed by atoms with Gasteiger partial charge in [-0.1, -0.05) is 194 Å². The van der Waals surface area contributed by atoms with E-state index in [0.29, 0.717) is 0 Å². The number of carbonyl (C=O) groups is 2. The van der Waals surface area contributed by atoms with Crippen molar-refractivity contribution in [1.29, 1.82) is 0 Å². The number of hydrogen-bond acceptors (Lipinski definition) is 8. The molecule has 0 aromatic rings. The van der Waals surface area contributed by atoms with Gasteiger partial charge in [0.15, 0.2) is 0 Å². The van der Waals surface area contributed by atoms with Crippen molar-refractivity contribution in [2.75, 3.05) is 7.11 Å². The Morgan fingerprint density at radius 3 is 0.825 bits per heavy atom. The number of rotatable bonds is 39. The predicted molar refractivity (Wildman–Crippen MR) is 238 cm³/mol. The Morgan fingerprint density at radius 1 is 0.491 bits per heavy atom. The van der Waals surface area contributed by atoms with Gasteiger partial charge in [0.25, 0.3) is 11.4 Å². The van der Waals surface area contributed by atoms with Crippen LogP contribution in [0.2, 0.25) is 0 Å². The number of hydrogen-bond donors (Lipinski definition) is 2. The van der Waals surface area contributed by atoms with Crippen molar-refractivity contribution in [1.82, 2.24) is 0 Å². The minimum Gasteiger partial charge on any atom is -0.726 e. The van der Waals surface area contributed by atoms with Crippen molar-refractivity contribution in [3.05, 3.63) is 0 Å². The fourth-order valence-electron chi connectivity index (χ4n) is 9.23. The smallest absolute Gasteiger partial charge is 0.261 e. The van der Waals surface area contributed by atoms with Crippen LogP contribution in [-0.4, -0.2) is 69.9 Å². The first-order valence-electron chi connectivity index (χ1n) is 23.8. The highest BCUT2D eigenvalue weighted by Gasteiger charge is 2.66. The number of carbonyl (C=O) groups excluding carboxylic acids is 2. The first-order chi connectivity index (χ1) is 26.9. The van der Waals surface area contributed by atoms with Crippen molar-refractivity contribution >= 4 is 22.0 Å². The van der Waals surface area contributed by atoms with Gasteiger partial charge in [0, 0.05) is 26.7 Å². The molecule has 0 rings (SSSR count). The summed E-state index contributed by atoms with van der Waals surface area (Å²) in [7, 11) is -3.60. The molecule has 342 valence electrons. The summed E-state index contributed by atoms with van der Waals surface area (Å²) >= 11 is 0. The van der Waals surface area contributed by atoms with Gasteiger partial charge in [0.2, 0.25) is 22.0 Å². The van der Waals surface area contributed by atoms with E-state index in [1.165, 1.54) is 154 Å². The van der Waals surface area contributed by atoms with Crippen LogP contribution < -0.4 is 0 Å². The molecule has 0 fully saturated rings. The van der Waals surface area contributed by atoms with Crippen LogP contribution in [0.15, 0.2) is 0 Å². The van der Waals surface area contributed by atoms with Crippen molar-refractivity contribution in [2.24, 2.45) is 0 Å². The number of aliphatic hydroxyl groups is 2. The Hall–Kier alpha value is -0.910. The molecule has 0 aromatic carbocycles. The zero-order chi connectivity index (χ0) is 43.6. The third kappa shape index (κ3) is 25.5. The minimum atomic E-state index is -4.41. The molecule has 0 radical (unpaired) electrons. The molecule has 57 heavy (non-hydrogen) atoms. The maximum atomic E-state index is 13.7. The third-order valence-corrected chi connectivity index (χ3v) is 12.8. The van der Waals surface area contributed by atoms with Gasteiger partial charge in [-0.15, -0.1) is 0 Å². The molecule has 2 N–H and O–H groups in total. The Morgan fingerprint density at radius 2 is 0.667 bits per heavy atom. The zero-order valence-corrected chi connectivity index (χ0v) is 39.8. The molecule has 9 nitrogen and oxygen atoms in total. The number of unbranched alkanes of at least 4 members (excludes halogenated alkanes) is 28. The van der Waals surface area contributed by atoms with Gasteiger partial charge in [0.1, 0.15) is 0 Å². The van der Waals surface area contributed by atoms with Crippen LogP contribution in [0.1, 0.15) is 261 Å². The Labute approximate surface area is 353 Å². The number of ketones is 2. The van der Waals surface area contributed by atoms with E-state index in [-0.39, 0.29) is 41.0 Å². The summed E-state index contributed by atoms with van der Waals surface area (Å²) < 4.78 is 30.7. The Kier molecular flexibility index (Phi) is 35.5. The summed E-state index contributed by atoms with van der Waals surface area (Å²) in [4.78, 5) is 27.5. The number of nitrogens with zero attached hydrogens (tertiary/aromatic N) is 1. The lowest BCUT2D eigenvalue weighted by molar-refractivity contribution is -1.07. The van der Waals surface area contributed by atoms with Crippen LogP contribution in [0, 0.1) is 0 Å². The van der Waals surface area contributed by atoms with Gasteiger partial charge in [-0.05, 0) is 40.5 Å². The van der Waals surface area contributed by atoms with E-state index in [2.05, 4.69) is 18.0 Å². The second kappa shape index (κ2) is 34.8. The monoisotopic (exact) mass is 834 g/mol. The molecular weight excluding hydrogens is 739 g/mol. The summed E-state index contributed by atoms with van der Waals surface area (Å²) in [6.45, 7) is 15.3. The van der Waals surface area contributed by atoms with Crippen LogP contribution in [0.25, 0.3) is 0 Å². The molecule has 2 atom stereocenters. The lowest BCUT2D eigenvalue weighted by Crippen LogP contribution is -2.82. The molecule has 10 heteroatoms. The van der Waals surface area contributed by atoms with Gasteiger partial charge in [-0.25, -0.2) is 8.42 Å². The standard InChI is InChI=1S/C46H92NO4.CH4O4S/c1-9-11-13-15-17-19-21-23-25-27-29-31-33-35-37-39-43(48)45(7,50)47(41(3)4,42(5)6)46(8,51)44(49)40-38-36-34-32-30-28-26-24-22-20-18-16-14-12-10-2;1-5-6(2,3)4/h41-42,50-51H,9-40H2,1-8H3;1H3,(H,2,3,4)/q+1;/p-1. The topological polar surface area (TPSA) is 141 Å². The van der Waals surface area contributed by atoms with Crippen LogP contribution >= 0.6 is 0 Å². The molecular formula is C47H95NO8S. The average molecular weight is 834 g/mol. The molecule has 0 amide bonds. The molecule has 0 saturated carbocycles. The lowest BCUT2D eigenvalue weighted by atomic mass is 9.86. The molecule has 0 bridgehead atoms. The van der Waals surface area contributed by atoms with E-state index in [1.54, 1.807) is 13.8 Å². The SMILES string of the molecule is CCCCCCCCCCCCCCCCCC(=O)C(C)(O)[N+](C(C)C)(C(C)C)C(C)(O)C(=O)CCCCCCCCCCCCCCCCC.COS(=O)(=O)[O-]. The molecule has 0 aliphatic heterocycles. The molecule has 0 saturated heterocycles. The zero-order valence-electron chi connectivity index (χ0n) is 39.0. The van der Waals surface area contributed by atoms with Crippen LogP contribution in [-0.2, 0) is 24.2 Å². The van der Waals surface area contributed by atoms with Gasteiger partial charge >= 0.3 is 0 Å². The molecule has 0 aliphatic rings. The second-order valence-corrected chi connectivity index (χ2v) is 19.0. The van der Waals surface area contributed by atoms with E-state index in [0.717, 1.165) is 45.6 Å². The predicted octanol–water partition coefficient (Wildman–Crippen LogP) is 12.8. The molecule has 0 aliphatic carbocycles. The number of Topliss-reactive ketones (excluding diaryl/α,β-unsaturated/α-hetero) is 2. The Bertz CT molecular complexity index is 1010. The molecule has 0 spiro atoms. The summed E-state index contributed by atoms with van der Waals surface area (Å²) in [5.41, 5.74) is -3.74. The van der Waals surface area contributed by atoms with Crippen molar-refractivity contribution in [3.63, 3.8) is 0 Å². The highest BCUT2D eigenvalue weighted by molar-refractivity contribution is 7.80. The average Bonchev–Trinajstić information content (AvgIpc) is 3.14. The highest BCUT2D eigenvalue weighted by Crippen LogP contribution is 2.42. The van der Waals surface area contributed by atoms with Gasteiger partial charge in [-0.2, -0.15) is 0 Å². The fraction of sp³-hybridized carbons (Fsp3) is 0.957. The maximum Gasteiger partial charge on any atom is 0.261 e. The highest BCUT2D eigenvalue weighted by atomic mass is 32.3. The third-order valence-electron chi connectivity index (χ3n) is 12.3. The quantitative estimate of drug-likeness (QED) is 0.0205. The first kappa shape index (κ1) is 58.2. The Balaban J connectivity index is 0. The minimum absolute atomic E-state index is 0.264. The molecule has 0 heterocycles. The lowest BCUT2D eigenvalue weighted by Gasteiger charge is -2.59. The van der Waals surface area contributed by atoms with Crippen LogP contribution in [0.4, 0.5) is 0 Å². The van der Waals surface area contributed by atoms with E-state index in [1.807, 2.05) is 27.7 Å². The maximum absolute atomic E-state index is 13.7. The fourth-order valence-corrected chi connectivity index (χ4v) is 9.23. The van der Waals surface area contributed by atoms with Crippen LogP contribution in [0.5, 0.6) is 0 Å². The van der Waals surface area contributed by atoms with E-state index in [9.17, 15) is 32.8 Å². The second-order valence-electron chi connectivity index (χ2n) is 17.8.